The Morgan fingerprint density at radius 1 is 1.00 bits per heavy atom. The Bertz CT molecular complexity index is 714. The largest absolute Gasteiger partial charge is 0.484 e. The Balaban J connectivity index is 1.88. The van der Waals surface area contributed by atoms with E-state index in [1.165, 1.54) is 5.56 Å². The van der Waals surface area contributed by atoms with E-state index in [1.807, 2.05) is 24.3 Å². The number of nitrogens with two attached hydrogens (primary N) is 1. The van der Waals surface area contributed by atoms with Crippen LogP contribution in [0.15, 0.2) is 48.5 Å². The van der Waals surface area contributed by atoms with E-state index < -0.39 is 5.91 Å². The summed E-state index contributed by atoms with van der Waals surface area (Å²) >= 11 is 0. The van der Waals surface area contributed by atoms with Gasteiger partial charge in [0.1, 0.15) is 5.75 Å². The fourth-order valence-corrected chi connectivity index (χ4v) is 2.11. The third kappa shape index (κ3) is 4.84. The maximum Gasteiger partial charge on any atom is 0.262 e. The normalized spacial score (nSPS) is 11.0. The average Bonchev–Trinajstić information content (AvgIpc) is 2.53. The van der Waals surface area contributed by atoms with Gasteiger partial charge >= 0.3 is 0 Å². The molecule has 0 heterocycles. The van der Waals surface area contributed by atoms with Crippen LogP contribution >= 0.6 is 0 Å². The van der Waals surface area contributed by atoms with Crippen molar-refractivity contribution < 1.29 is 14.3 Å². The number of primary amides is 1. The van der Waals surface area contributed by atoms with Gasteiger partial charge in [-0.1, -0.05) is 32.9 Å². The smallest absolute Gasteiger partial charge is 0.262 e. The summed E-state index contributed by atoms with van der Waals surface area (Å²) in [7, 11) is 0. The van der Waals surface area contributed by atoms with E-state index in [1.54, 1.807) is 24.3 Å². The van der Waals surface area contributed by atoms with Gasteiger partial charge in [0.05, 0.1) is 0 Å². The highest BCUT2D eigenvalue weighted by molar-refractivity contribution is 5.93. The third-order valence-electron chi connectivity index (χ3n) is 3.54. The highest BCUT2D eigenvalue weighted by atomic mass is 16.5. The number of benzene rings is 2. The van der Waals surface area contributed by atoms with Crippen LogP contribution in [0.25, 0.3) is 0 Å². The van der Waals surface area contributed by atoms with Crippen molar-refractivity contribution in [3.05, 3.63) is 59.7 Å². The molecule has 0 fully saturated rings. The highest BCUT2D eigenvalue weighted by Crippen LogP contribution is 2.23. The number of hydrogen-bond acceptors (Lipinski definition) is 3. The molecule has 0 saturated heterocycles. The minimum atomic E-state index is -0.502. The second kappa shape index (κ2) is 7.17. The third-order valence-corrected chi connectivity index (χ3v) is 3.54. The molecule has 2 aromatic rings. The quantitative estimate of drug-likeness (QED) is 0.886. The lowest BCUT2D eigenvalue weighted by Gasteiger charge is -2.19. The van der Waals surface area contributed by atoms with Crippen molar-refractivity contribution in [2.45, 2.75) is 26.2 Å². The maximum absolute atomic E-state index is 11.9. The summed E-state index contributed by atoms with van der Waals surface area (Å²) in [6.07, 6.45) is 0. The number of nitrogens with one attached hydrogen (secondary N) is 1. The van der Waals surface area contributed by atoms with Gasteiger partial charge in [-0.15, -0.1) is 0 Å². The maximum atomic E-state index is 11.9. The Morgan fingerprint density at radius 2 is 1.58 bits per heavy atom. The molecule has 0 unspecified atom stereocenters. The van der Waals surface area contributed by atoms with Gasteiger partial charge in [0.25, 0.3) is 5.91 Å². The van der Waals surface area contributed by atoms with E-state index in [0.717, 1.165) is 5.69 Å². The minimum absolute atomic E-state index is 0.0721. The summed E-state index contributed by atoms with van der Waals surface area (Å²) in [6.45, 7) is 6.30. The van der Waals surface area contributed by atoms with Crippen molar-refractivity contribution in [3.63, 3.8) is 0 Å². The Morgan fingerprint density at radius 3 is 2.08 bits per heavy atom. The number of carbonyl (C=O) groups is 2. The molecule has 0 spiro atoms. The van der Waals surface area contributed by atoms with Crippen LogP contribution in [0.3, 0.4) is 0 Å². The summed E-state index contributed by atoms with van der Waals surface area (Å²) in [5.74, 6) is -0.256. The lowest BCUT2D eigenvalue weighted by Crippen LogP contribution is -2.20. The molecule has 5 heteroatoms. The standard InChI is InChI=1S/C19H22N2O3/c1-19(2,3)14-6-8-15(9-7-14)21-17(22)12-24-16-10-4-13(5-11-16)18(20)23/h4-11H,12H2,1-3H3,(H2,20,23)(H,21,22). The van der Waals surface area contributed by atoms with Crippen molar-refractivity contribution in [2.75, 3.05) is 11.9 Å². The Hall–Kier alpha value is -2.82. The summed E-state index contributed by atoms with van der Waals surface area (Å²) in [4.78, 5) is 22.9. The second-order valence-electron chi connectivity index (χ2n) is 6.55. The van der Waals surface area contributed by atoms with Crippen LogP contribution in [-0.4, -0.2) is 18.4 Å². The van der Waals surface area contributed by atoms with Crippen molar-refractivity contribution in [2.24, 2.45) is 5.73 Å². The van der Waals surface area contributed by atoms with Crippen LogP contribution in [0.4, 0.5) is 5.69 Å². The van der Waals surface area contributed by atoms with Gasteiger partial charge in [-0.3, -0.25) is 9.59 Å². The topological polar surface area (TPSA) is 81.4 Å². The highest BCUT2D eigenvalue weighted by Gasteiger charge is 2.13. The van der Waals surface area contributed by atoms with Crippen LogP contribution in [-0.2, 0) is 10.2 Å². The van der Waals surface area contributed by atoms with Gasteiger partial charge in [0, 0.05) is 11.3 Å². The molecule has 0 radical (unpaired) electrons. The first kappa shape index (κ1) is 17.5. The summed E-state index contributed by atoms with van der Waals surface area (Å²) < 4.78 is 5.39. The van der Waals surface area contributed by atoms with E-state index in [-0.39, 0.29) is 17.9 Å². The molecular formula is C19H22N2O3. The number of anilines is 1. The number of ether oxygens (including phenoxy) is 1. The monoisotopic (exact) mass is 326 g/mol. The second-order valence-corrected chi connectivity index (χ2v) is 6.55. The fraction of sp³-hybridized carbons (Fsp3) is 0.263. The molecule has 0 aliphatic heterocycles. The molecule has 24 heavy (non-hydrogen) atoms. The number of carbonyl (C=O) groups excluding carboxylic acids is 2. The van der Waals surface area contributed by atoms with Gasteiger partial charge in [0.2, 0.25) is 5.91 Å². The van der Waals surface area contributed by atoms with Gasteiger partial charge in [0.15, 0.2) is 6.61 Å². The van der Waals surface area contributed by atoms with Crippen LogP contribution in [0, 0.1) is 0 Å². The van der Waals surface area contributed by atoms with E-state index in [2.05, 4.69) is 26.1 Å². The van der Waals surface area contributed by atoms with Gasteiger partial charge in [-0.25, -0.2) is 0 Å². The molecule has 3 N–H and O–H groups in total. The first-order valence-electron chi connectivity index (χ1n) is 7.69. The lowest BCUT2D eigenvalue weighted by molar-refractivity contribution is -0.118. The van der Waals surface area contributed by atoms with Crippen LogP contribution in [0.5, 0.6) is 5.75 Å². The molecular weight excluding hydrogens is 304 g/mol. The van der Waals surface area contributed by atoms with Gasteiger partial charge in [-0.2, -0.15) is 0 Å². The molecule has 126 valence electrons. The number of rotatable bonds is 5. The predicted molar refractivity (Wildman–Crippen MR) is 94.2 cm³/mol. The molecule has 0 atom stereocenters. The van der Waals surface area contributed by atoms with Crippen molar-refractivity contribution in [3.8, 4) is 5.75 Å². The zero-order valence-corrected chi connectivity index (χ0v) is 14.1. The molecule has 2 aromatic carbocycles. The molecule has 5 nitrogen and oxygen atoms in total. The number of amides is 2. The predicted octanol–water partition coefficient (Wildman–Crippen LogP) is 3.10. The van der Waals surface area contributed by atoms with E-state index in [0.29, 0.717) is 11.3 Å². The lowest BCUT2D eigenvalue weighted by atomic mass is 9.87. The first-order chi connectivity index (χ1) is 11.3. The molecule has 2 rings (SSSR count). The van der Waals surface area contributed by atoms with Crippen molar-refractivity contribution >= 4 is 17.5 Å². The first-order valence-corrected chi connectivity index (χ1v) is 7.69. The van der Waals surface area contributed by atoms with E-state index in [4.69, 9.17) is 10.5 Å². The Kier molecular flexibility index (Phi) is 5.24. The van der Waals surface area contributed by atoms with Crippen molar-refractivity contribution in [1.82, 2.24) is 0 Å². The molecule has 0 aliphatic carbocycles. The van der Waals surface area contributed by atoms with E-state index >= 15 is 0 Å². The van der Waals surface area contributed by atoms with E-state index in [9.17, 15) is 9.59 Å². The number of hydrogen-bond donors (Lipinski definition) is 2. The van der Waals surface area contributed by atoms with Crippen LogP contribution in [0.2, 0.25) is 0 Å². The molecule has 2 amide bonds. The SMILES string of the molecule is CC(C)(C)c1ccc(NC(=O)COc2ccc(C(N)=O)cc2)cc1. The average molecular weight is 326 g/mol. The summed E-state index contributed by atoms with van der Waals surface area (Å²) in [5.41, 5.74) is 7.55. The van der Waals surface area contributed by atoms with Crippen molar-refractivity contribution in [1.29, 1.82) is 0 Å². The fourth-order valence-electron chi connectivity index (χ4n) is 2.11. The van der Waals surface area contributed by atoms with Crippen LogP contribution in [0.1, 0.15) is 36.7 Å². The van der Waals surface area contributed by atoms with Gasteiger partial charge in [-0.05, 0) is 47.4 Å². The molecule has 0 saturated carbocycles. The molecule has 0 bridgehead atoms. The van der Waals surface area contributed by atoms with Gasteiger partial charge < -0.3 is 15.8 Å². The minimum Gasteiger partial charge on any atom is -0.484 e. The summed E-state index contributed by atoms with van der Waals surface area (Å²) in [5, 5.41) is 2.78. The Labute approximate surface area is 141 Å². The zero-order chi connectivity index (χ0) is 17.7. The molecule has 0 aliphatic rings. The van der Waals surface area contributed by atoms with Crippen LogP contribution < -0.4 is 15.8 Å². The zero-order valence-electron chi connectivity index (χ0n) is 14.1. The summed E-state index contributed by atoms with van der Waals surface area (Å²) in [6, 6.07) is 14.1. The molecule has 0 aromatic heterocycles.